The molecule has 0 unspecified atom stereocenters. The number of hydrogen-bond acceptors (Lipinski definition) is 7. The Bertz CT molecular complexity index is 1010. The molecular weight excluding hydrogens is 392 g/mol. The van der Waals surface area contributed by atoms with Crippen LogP contribution in [0, 0.1) is 13.8 Å². The van der Waals surface area contributed by atoms with Crippen LogP contribution in [0.2, 0.25) is 0 Å². The fourth-order valence-corrected chi connectivity index (χ4v) is 3.78. The minimum Gasteiger partial charge on any atom is -0.369 e. The molecule has 0 radical (unpaired) electrons. The average molecular weight is 421 g/mol. The molecule has 1 amide bonds. The van der Waals surface area contributed by atoms with Gasteiger partial charge < -0.3 is 14.7 Å². The maximum absolute atomic E-state index is 12.3. The van der Waals surface area contributed by atoms with Gasteiger partial charge in [0.05, 0.1) is 0 Å². The second-order valence-corrected chi connectivity index (χ2v) is 7.89. The molecule has 8 nitrogen and oxygen atoms in total. The van der Waals surface area contributed by atoms with Gasteiger partial charge in [-0.15, -0.1) is 0 Å². The molecule has 8 heteroatoms. The number of piperazine rings is 1. The van der Waals surface area contributed by atoms with Gasteiger partial charge in [0.25, 0.3) is 0 Å². The van der Waals surface area contributed by atoms with E-state index in [0.29, 0.717) is 17.9 Å². The van der Waals surface area contributed by atoms with Crippen LogP contribution < -0.4 is 10.2 Å². The summed E-state index contributed by atoms with van der Waals surface area (Å²) in [5.41, 5.74) is 4.68. The average Bonchev–Trinajstić information content (AvgIpc) is 3.30. The maximum Gasteiger partial charge on any atom is 0.316 e. The molecular formula is C23H28N6O2. The molecule has 162 valence electrons. The quantitative estimate of drug-likeness (QED) is 0.588. The van der Waals surface area contributed by atoms with Crippen molar-refractivity contribution in [2.75, 3.05) is 44.2 Å². The Labute approximate surface area is 182 Å². The number of aryl methyl sites for hydroxylation is 2. The summed E-state index contributed by atoms with van der Waals surface area (Å²) >= 11 is 0. The van der Waals surface area contributed by atoms with Crippen molar-refractivity contribution in [2.24, 2.45) is 0 Å². The Hall–Kier alpha value is -3.26. The van der Waals surface area contributed by atoms with Gasteiger partial charge in [-0.25, -0.2) is 0 Å². The molecule has 0 atom stereocenters. The first kappa shape index (κ1) is 21.0. The fraction of sp³-hybridized carbons (Fsp3) is 0.391. The number of hydrogen-bond donors (Lipinski definition) is 1. The molecule has 3 heterocycles. The van der Waals surface area contributed by atoms with Crippen LogP contribution >= 0.6 is 0 Å². The Morgan fingerprint density at radius 2 is 2.00 bits per heavy atom. The van der Waals surface area contributed by atoms with Gasteiger partial charge in [-0.3, -0.25) is 14.7 Å². The number of carbonyl (C=O) groups is 1. The third-order valence-electron chi connectivity index (χ3n) is 5.55. The molecule has 1 fully saturated rings. The summed E-state index contributed by atoms with van der Waals surface area (Å²) < 4.78 is 5.08. The topological polar surface area (TPSA) is 87.4 Å². The number of aromatic nitrogens is 3. The van der Waals surface area contributed by atoms with Crippen molar-refractivity contribution >= 4 is 11.6 Å². The van der Waals surface area contributed by atoms with Gasteiger partial charge in [0.1, 0.15) is 0 Å². The first-order chi connectivity index (χ1) is 15.1. The lowest BCUT2D eigenvalue weighted by Gasteiger charge is -2.37. The van der Waals surface area contributed by atoms with E-state index in [9.17, 15) is 4.79 Å². The van der Waals surface area contributed by atoms with Gasteiger partial charge in [0, 0.05) is 56.4 Å². The molecule has 1 aliphatic rings. The Morgan fingerprint density at radius 1 is 1.16 bits per heavy atom. The van der Waals surface area contributed by atoms with Gasteiger partial charge in [0.2, 0.25) is 5.82 Å². The zero-order valence-electron chi connectivity index (χ0n) is 18.0. The fourth-order valence-electron chi connectivity index (χ4n) is 3.78. The number of nitrogens with zero attached hydrogens (tertiary/aromatic N) is 5. The van der Waals surface area contributed by atoms with Crippen molar-refractivity contribution in [2.45, 2.75) is 20.3 Å². The highest BCUT2D eigenvalue weighted by Crippen LogP contribution is 2.22. The molecule has 2 aromatic heterocycles. The molecule has 0 bridgehead atoms. The first-order valence-corrected chi connectivity index (χ1v) is 10.7. The molecule has 1 N–H and O–H groups in total. The van der Waals surface area contributed by atoms with Crippen LogP contribution in [0.25, 0.3) is 11.4 Å². The Morgan fingerprint density at radius 3 is 2.77 bits per heavy atom. The predicted octanol–water partition coefficient (Wildman–Crippen LogP) is 2.69. The first-order valence-electron chi connectivity index (χ1n) is 10.7. The number of anilines is 1. The molecule has 1 aliphatic heterocycles. The highest BCUT2D eigenvalue weighted by atomic mass is 16.5. The van der Waals surface area contributed by atoms with E-state index in [1.54, 1.807) is 18.5 Å². The van der Waals surface area contributed by atoms with Crippen molar-refractivity contribution < 1.29 is 9.32 Å². The third kappa shape index (κ3) is 5.27. The maximum atomic E-state index is 12.3. The summed E-state index contributed by atoms with van der Waals surface area (Å²) in [4.78, 5) is 25.3. The van der Waals surface area contributed by atoms with E-state index >= 15 is 0 Å². The lowest BCUT2D eigenvalue weighted by molar-refractivity contribution is 0.0907. The SMILES string of the molecule is Cc1ccc(C)c(N2CCN(CCCNC(=O)c3nc(-c4cccnc4)no3)CC2)c1. The number of pyridine rings is 1. The number of benzene rings is 1. The minimum absolute atomic E-state index is 0.0269. The summed E-state index contributed by atoms with van der Waals surface area (Å²) in [6.07, 6.45) is 4.17. The second-order valence-electron chi connectivity index (χ2n) is 7.89. The lowest BCUT2D eigenvalue weighted by Crippen LogP contribution is -2.47. The molecule has 0 aliphatic carbocycles. The number of carbonyl (C=O) groups excluding carboxylic acids is 1. The lowest BCUT2D eigenvalue weighted by atomic mass is 10.1. The third-order valence-corrected chi connectivity index (χ3v) is 5.55. The summed E-state index contributed by atoms with van der Waals surface area (Å²) in [6, 6.07) is 10.2. The zero-order chi connectivity index (χ0) is 21.6. The van der Waals surface area contributed by atoms with Gasteiger partial charge in [-0.1, -0.05) is 17.3 Å². The van der Waals surface area contributed by atoms with Crippen molar-refractivity contribution in [3.8, 4) is 11.4 Å². The molecule has 4 rings (SSSR count). The molecule has 3 aromatic rings. The molecule has 1 saturated heterocycles. The second kappa shape index (κ2) is 9.70. The van der Waals surface area contributed by atoms with Crippen LogP contribution in [0.5, 0.6) is 0 Å². The zero-order valence-corrected chi connectivity index (χ0v) is 18.0. The predicted molar refractivity (Wildman–Crippen MR) is 119 cm³/mol. The van der Waals surface area contributed by atoms with E-state index in [1.807, 2.05) is 6.07 Å². The van der Waals surface area contributed by atoms with Gasteiger partial charge >= 0.3 is 11.8 Å². The standard InChI is InChI=1S/C23H28N6O2/c1-17-6-7-18(2)20(15-17)29-13-11-28(12-14-29)10-4-9-25-22(30)23-26-21(27-31-23)19-5-3-8-24-16-19/h3,5-8,15-16H,4,9-14H2,1-2H3,(H,25,30). The van der Waals surface area contributed by atoms with E-state index in [-0.39, 0.29) is 11.8 Å². The molecule has 0 saturated carbocycles. The summed E-state index contributed by atoms with van der Waals surface area (Å²) in [7, 11) is 0. The molecule has 31 heavy (non-hydrogen) atoms. The van der Waals surface area contributed by atoms with Crippen LogP contribution in [0.1, 0.15) is 28.2 Å². The van der Waals surface area contributed by atoms with Crippen molar-refractivity contribution in [3.63, 3.8) is 0 Å². The van der Waals surface area contributed by atoms with Crippen LogP contribution in [0.4, 0.5) is 5.69 Å². The van der Waals surface area contributed by atoms with Crippen LogP contribution in [-0.4, -0.2) is 65.2 Å². The van der Waals surface area contributed by atoms with Crippen LogP contribution in [0.15, 0.2) is 47.2 Å². The van der Waals surface area contributed by atoms with E-state index in [1.165, 1.54) is 16.8 Å². The monoisotopic (exact) mass is 420 g/mol. The van der Waals surface area contributed by atoms with Crippen molar-refractivity contribution in [3.05, 3.63) is 59.7 Å². The Balaban J connectivity index is 1.18. The minimum atomic E-state index is -0.345. The van der Waals surface area contributed by atoms with E-state index in [4.69, 9.17) is 4.52 Å². The highest BCUT2D eigenvalue weighted by Gasteiger charge is 2.19. The molecule has 0 spiro atoms. The largest absolute Gasteiger partial charge is 0.369 e. The normalized spacial score (nSPS) is 14.6. The van der Waals surface area contributed by atoms with Gasteiger partial charge in [-0.2, -0.15) is 4.98 Å². The van der Waals surface area contributed by atoms with E-state index in [0.717, 1.165) is 39.1 Å². The number of amides is 1. The summed E-state index contributed by atoms with van der Waals surface area (Å²) in [6.45, 7) is 9.94. The summed E-state index contributed by atoms with van der Waals surface area (Å²) in [5.74, 6) is -0.0108. The Kier molecular flexibility index (Phi) is 6.57. The number of nitrogens with one attached hydrogen (secondary N) is 1. The highest BCUT2D eigenvalue weighted by molar-refractivity contribution is 5.89. The van der Waals surface area contributed by atoms with Gasteiger partial charge in [0.15, 0.2) is 0 Å². The van der Waals surface area contributed by atoms with Crippen LogP contribution in [0.3, 0.4) is 0 Å². The number of rotatable bonds is 7. The van der Waals surface area contributed by atoms with E-state index in [2.05, 4.69) is 62.3 Å². The molecule has 1 aromatic carbocycles. The van der Waals surface area contributed by atoms with Crippen molar-refractivity contribution in [1.82, 2.24) is 25.3 Å². The van der Waals surface area contributed by atoms with E-state index < -0.39 is 0 Å². The van der Waals surface area contributed by atoms with Gasteiger partial charge in [-0.05, 0) is 56.1 Å². The smallest absolute Gasteiger partial charge is 0.316 e. The summed E-state index contributed by atoms with van der Waals surface area (Å²) in [5, 5.41) is 6.72. The van der Waals surface area contributed by atoms with Crippen molar-refractivity contribution in [1.29, 1.82) is 0 Å². The van der Waals surface area contributed by atoms with Crippen LogP contribution in [-0.2, 0) is 0 Å².